The highest BCUT2D eigenvalue weighted by Crippen LogP contribution is 2.38. The molecule has 2 bridgehead atoms. The van der Waals surface area contributed by atoms with Gasteiger partial charge < -0.3 is 10.2 Å². The van der Waals surface area contributed by atoms with Gasteiger partial charge in [-0.3, -0.25) is 0 Å². The molecule has 2 aromatic heterocycles. The second-order valence-electron chi connectivity index (χ2n) is 20.2. The molecule has 4 unspecified atom stereocenters. The Balaban J connectivity index is 1.03. The van der Waals surface area contributed by atoms with Crippen LogP contribution >= 0.6 is 11.5 Å². The zero-order chi connectivity index (χ0) is 43.9. The molecule has 6 nitrogen and oxygen atoms in total. The van der Waals surface area contributed by atoms with E-state index in [1.54, 1.807) is 11.5 Å². The minimum atomic E-state index is -1.41. The van der Waals surface area contributed by atoms with Crippen LogP contribution in [0.25, 0.3) is 0 Å². The monoisotopic (exact) mass is 895 g/mol. The third-order valence-corrected chi connectivity index (χ3v) is 15.8. The average molecular weight is 895 g/mol. The van der Waals surface area contributed by atoms with E-state index in [-0.39, 0.29) is 11.6 Å². The summed E-state index contributed by atoms with van der Waals surface area (Å²) in [6, 6.07) is 4.92. The number of hydrogen-bond donors (Lipinski definition) is 1. The fraction of sp³-hybridized carbons (Fsp3) is 0.792. The summed E-state index contributed by atoms with van der Waals surface area (Å²) in [7, 11) is 0. The van der Waals surface area contributed by atoms with Crippen LogP contribution in [0.15, 0.2) is 18.2 Å². The lowest BCUT2D eigenvalue weighted by atomic mass is 9.90. The Morgan fingerprint density at radius 3 is 1.68 bits per heavy atom. The molecule has 1 N–H and O–H groups in total. The van der Waals surface area contributed by atoms with Crippen molar-refractivity contribution in [2.45, 2.75) is 244 Å². The molecule has 6 rings (SSSR count). The summed E-state index contributed by atoms with van der Waals surface area (Å²) in [6.45, 7) is 4.99. The van der Waals surface area contributed by atoms with Crippen molar-refractivity contribution in [2.24, 2.45) is 11.8 Å². The van der Waals surface area contributed by atoms with E-state index >= 15 is 4.39 Å². The molecular formula is C53H85F3N6S. The number of rotatable bonds is 4. The zero-order valence-corrected chi connectivity index (χ0v) is 40.3. The largest absolute Gasteiger partial charge is 0.362 e. The van der Waals surface area contributed by atoms with Gasteiger partial charge in [0.2, 0.25) is 5.95 Å². The Bertz CT molecular complexity index is 1690. The maximum absolute atomic E-state index is 15.0. The maximum atomic E-state index is 15.0. The Kier molecular flexibility index (Phi) is 22.5. The van der Waals surface area contributed by atoms with Gasteiger partial charge >= 0.3 is 0 Å². The standard InChI is InChI=1S/C53H85F3N6S/c1-42-39-49(63-60-42)61-37-27-26-31-45(57-53-58-52-47(32-28-38-62(52)59-53)46-35-36-48(54)51(56)50(46)55)30-25-23-21-19-17-15-13-11-9-7-5-3-2-4-6-8-10-12-14-16-18-20-22-24-29-43-33-34-44(40-43)41-61/h35-36,39,43-45,47H,2-34,37-38,40-41H2,1H3,(H,57,59). The summed E-state index contributed by atoms with van der Waals surface area (Å²) < 4.78 is 49.7. The smallest absolute Gasteiger partial charge is 0.242 e. The van der Waals surface area contributed by atoms with E-state index in [1.165, 1.54) is 191 Å². The SMILES string of the molecule is Cc1cc(N2CCCCC(Nc3nc4n(n3)CCCC4c3ccc(F)c(F)c3F)CCCCCCCCCCCCCCCCCCCCCCCCCCC3CCC(C3)C2)sn1. The van der Waals surface area contributed by atoms with Crippen molar-refractivity contribution in [3.63, 3.8) is 0 Å². The first kappa shape index (κ1) is 49.8. The van der Waals surface area contributed by atoms with Gasteiger partial charge in [-0.2, -0.15) is 9.36 Å². The molecule has 1 aromatic carbocycles. The number of aryl methyl sites for hydroxylation is 2. The highest BCUT2D eigenvalue weighted by molar-refractivity contribution is 7.10. The van der Waals surface area contributed by atoms with E-state index < -0.39 is 23.4 Å². The fourth-order valence-corrected chi connectivity index (χ4v) is 11.9. The summed E-state index contributed by atoms with van der Waals surface area (Å²) in [4.78, 5) is 7.56. The van der Waals surface area contributed by atoms with E-state index in [1.807, 2.05) is 4.68 Å². The quantitative estimate of drug-likeness (QED) is 0.264. The second kappa shape index (κ2) is 28.4. The lowest BCUT2D eigenvalue weighted by Gasteiger charge is -2.26. The van der Waals surface area contributed by atoms with Crippen LogP contribution in [0.1, 0.15) is 241 Å². The molecule has 2 aliphatic heterocycles. The molecule has 10 heteroatoms. The molecule has 4 atom stereocenters. The Morgan fingerprint density at radius 2 is 1.11 bits per heavy atom. The van der Waals surface area contributed by atoms with Crippen LogP contribution < -0.4 is 10.2 Å². The summed E-state index contributed by atoms with van der Waals surface area (Å²) in [5.41, 5.74) is 1.27. The maximum Gasteiger partial charge on any atom is 0.242 e. The van der Waals surface area contributed by atoms with Gasteiger partial charge in [0, 0.05) is 37.2 Å². The molecule has 1 aliphatic carbocycles. The first-order valence-electron chi connectivity index (χ1n) is 26.5. The molecule has 2 fully saturated rings. The number of nitrogens with zero attached hydrogens (tertiary/aromatic N) is 5. The van der Waals surface area contributed by atoms with E-state index in [0.717, 1.165) is 68.8 Å². The first-order chi connectivity index (χ1) is 30.9. The van der Waals surface area contributed by atoms with Gasteiger partial charge in [-0.15, -0.1) is 5.10 Å². The highest BCUT2D eigenvalue weighted by atomic mass is 32.1. The van der Waals surface area contributed by atoms with Crippen LogP contribution in [0.3, 0.4) is 0 Å². The van der Waals surface area contributed by atoms with Crippen LogP contribution in [0.2, 0.25) is 0 Å². The van der Waals surface area contributed by atoms with E-state index in [4.69, 9.17) is 10.1 Å². The van der Waals surface area contributed by atoms with Gasteiger partial charge in [0.05, 0.1) is 5.69 Å². The van der Waals surface area contributed by atoms with Crippen molar-refractivity contribution in [1.29, 1.82) is 0 Å². The summed E-state index contributed by atoms with van der Waals surface area (Å²) in [5.74, 6) is -1.27. The van der Waals surface area contributed by atoms with Crippen molar-refractivity contribution in [3.8, 4) is 0 Å². The average Bonchev–Trinajstić information content (AvgIpc) is 4.04. The Morgan fingerprint density at radius 1 is 0.571 bits per heavy atom. The minimum Gasteiger partial charge on any atom is -0.362 e. The van der Waals surface area contributed by atoms with Crippen molar-refractivity contribution in [1.82, 2.24) is 19.1 Å². The van der Waals surface area contributed by atoms with Crippen molar-refractivity contribution in [2.75, 3.05) is 23.3 Å². The molecule has 1 saturated carbocycles. The third kappa shape index (κ3) is 17.3. The Labute approximate surface area is 384 Å². The highest BCUT2D eigenvalue weighted by Gasteiger charge is 2.31. The molecule has 63 heavy (non-hydrogen) atoms. The molecule has 0 radical (unpaired) electrons. The van der Waals surface area contributed by atoms with Gasteiger partial charge in [-0.1, -0.05) is 173 Å². The molecule has 3 aliphatic rings. The Hall–Kier alpha value is -2.62. The summed E-state index contributed by atoms with van der Waals surface area (Å²) >= 11 is 1.66. The van der Waals surface area contributed by atoms with Crippen LogP contribution in [-0.2, 0) is 6.54 Å². The molecule has 4 heterocycles. The normalized spacial score (nSPS) is 25.3. The van der Waals surface area contributed by atoms with Crippen molar-refractivity contribution in [3.05, 3.63) is 52.7 Å². The molecule has 3 aromatic rings. The summed E-state index contributed by atoms with van der Waals surface area (Å²) in [6.07, 6.45) is 44.8. The predicted octanol–water partition coefficient (Wildman–Crippen LogP) is 16.4. The van der Waals surface area contributed by atoms with Crippen LogP contribution in [0.5, 0.6) is 0 Å². The number of fused-ring (bicyclic) bond motifs is 3. The lowest BCUT2D eigenvalue weighted by Crippen LogP contribution is -2.29. The number of halogens is 3. The van der Waals surface area contributed by atoms with Crippen LogP contribution in [0, 0.1) is 36.2 Å². The van der Waals surface area contributed by atoms with Gasteiger partial charge in [0.1, 0.15) is 10.8 Å². The fourth-order valence-electron chi connectivity index (χ4n) is 11.1. The lowest BCUT2D eigenvalue weighted by molar-refractivity contribution is 0.411. The molecule has 354 valence electrons. The van der Waals surface area contributed by atoms with Crippen molar-refractivity contribution < 1.29 is 13.2 Å². The number of anilines is 2. The number of hydrogen-bond acceptors (Lipinski definition) is 6. The van der Waals surface area contributed by atoms with Gasteiger partial charge in [0.25, 0.3) is 0 Å². The summed E-state index contributed by atoms with van der Waals surface area (Å²) in [5, 5.41) is 9.89. The number of benzene rings is 1. The third-order valence-electron chi connectivity index (χ3n) is 14.8. The molecule has 0 amide bonds. The van der Waals surface area contributed by atoms with E-state index in [0.29, 0.717) is 24.7 Å². The van der Waals surface area contributed by atoms with Gasteiger partial charge in [-0.25, -0.2) is 17.9 Å². The topological polar surface area (TPSA) is 58.9 Å². The van der Waals surface area contributed by atoms with Crippen LogP contribution in [-0.4, -0.2) is 38.3 Å². The number of aromatic nitrogens is 4. The van der Waals surface area contributed by atoms with E-state index in [9.17, 15) is 8.78 Å². The predicted molar refractivity (Wildman–Crippen MR) is 259 cm³/mol. The van der Waals surface area contributed by atoms with Gasteiger partial charge in [-0.05, 0) is 93.8 Å². The second-order valence-corrected chi connectivity index (χ2v) is 21.0. The molecular weight excluding hydrogens is 810 g/mol. The van der Waals surface area contributed by atoms with E-state index in [2.05, 4.69) is 27.6 Å². The molecule has 0 spiro atoms. The van der Waals surface area contributed by atoms with Gasteiger partial charge in [0.15, 0.2) is 17.5 Å². The zero-order valence-electron chi connectivity index (χ0n) is 39.5. The first-order valence-corrected chi connectivity index (χ1v) is 27.2. The minimum absolute atomic E-state index is 0.159. The number of nitrogens with one attached hydrogen (secondary N) is 1. The molecule has 1 saturated heterocycles. The van der Waals surface area contributed by atoms with Crippen LogP contribution in [0.4, 0.5) is 24.1 Å². The van der Waals surface area contributed by atoms with Crippen molar-refractivity contribution >= 4 is 22.5 Å².